The number of furan rings is 1. The molecule has 2 aromatic rings. The average molecular weight is 328 g/mol. The largest absolute Gasteiger partial charge is 0.481 e. The van der Waals surface area contributed by atoms with Gasteiger partial charge in [-0.2, -0.15) is 0 Å². The normalized spacial score (nSPS) is 20.8. The van der Waals surface area contributed by atoms with Gasteiger partial charge >= 0.3 is 5.97 Å². The van der Waals surface area contributed by atoms with Gasteiger partial charge in [0, 0.05) is 19.6 Å². The van der Waals surface area contributed by atoms with Crippen molar-refractivity contribution in [2.45, 2.75) is 13.1 Å². The summed E-state index contributed by atoms with van der Waals surface area (Å²) < 4.78 is 5.18. The van der Waals surface area contributed by atoms with E-state index in [4.69, 9.17) is 4.42 Å². The van der Waals surface area contributed by atoms with E-state index in [0.29, 0.717) is 25.4 Å². The lowest BCUT2D eigenvalue weighted by Crippen LogP contribution is -2.37. The number of carboxylic acids is 1. The standard InChI is InChI=1S/C18H20N2O4/c21-17(19-9-14-7-4-8-24-14)15-11-20(12-16(15)18(22)23)10-13-5-2-1-3-6-13/h1-8,15-16H,9-12H2,(H,19,21)(H,22,23)/t15-,16+/m0/s1. The monoisotopic (exact) mass is 328 g/mol. The molecule has 2 N–H and O–H groups in total. The lowest BCUT2D eigenvalue weighted by atomic mass is 9.95. The first-order chi connectivity index (χ1) is 11.6. The number of amides is 1. The molecule has 1 fully saturated rings. The summed E-state index contributed by atoms with van der Waals surface area (Å²) in [6, 6.07) is 13.4. The van der Waals surface area contributed by atoms with Crippen LogP contribution in [0.5, 0.6) is 0 Å². The van der Waals surface area contributed by atoms with Gasteiger partial charge in [-0.05, 0) is 17.7 Å². The number of hydrogen-bond donors (Lipinski definition) is 2. The molecule has 0 spiro atoms. The average Bonchev–Trinajstić information content (AvgIpc) is 3.23. The van der Waals surface area contributed by atoms with E-state index in [-0.39, 0.29) is 12.5 Å². The van der Waals surface area contributed by atoms with Crippen molar-refractivity contribution >= 4 is 11.9 Å². The molecule has 1 aliphatic rings. The van der Waals surface area contributed by atoms with E-state index in [9.17, 15) is 14.7 Å². The van der Waals surface area contributed by atoms with Crippen LogP contribution in [-0.2, 0) is 22.7 Å². The van der Waals surface area contributed by atoms with Crippen LogP contribution in [0.4, 0.5) is 0 Å². The molecule has 1 aliphatic heterocycles. The number of aliphatic carboxylic acids is 1. The van der Waals surface area contributed by atoms with Gasteiger partial charge in [0.25, 0.3) is 0 Å². The summed E-state index contributed by atoms with van der Waals surface area (Å²) in [6.07, 6.45) is 1.54. The zero-order valence-electron chi connectivity index (χ0n) is 13.2. The molecule has 0 aliphatic carbocycles. The van der Waals surface area contributed by atoms with Crippen LogP contribution in [0.3, 0.4) is 0 Å². The van der Waals surface area contributed by atoms with Gasteiger partial charge in [-0.3, -0.25) is 14.5 Å². The number of carbonyl (C=O) groups is 2. The zero-order valence-corrected chi connectivity index (χ0v) is 13.2. The van der Waals surface area contributed by atoms with E-state index in [1.54, 1.807) is 18.4 Å². The quantitative estimate of drug-likeness (QED) is 0.844. The van der Waals surface area contributed by atoms with Crippen molar-refractivity contribution in [3.05, 3.63) is 60.1 Å². The lowest BCUT2D eigenvalue weighted by Gasteiger charge is -2.15. The molecule has 6 heteroatoms. The van der Waals surface area contributed by atoms with Gasteiger partial charge in [0.2, 0.25) is 5.91 Å². The number of carbonyl (C=O) groups excluding carboxylic acids is 1. The van der Waals surface area contributed by atoms with Crippen LogP contribution in [-0.4, -0.2) is 35.0 Å². The number of rotatable bonds is 6. The van der Waals surface area contributed by atoms with Gasteiger partial charge in [0.1, 0.15) is 5.76 Å². The van der Waals surface area contributed by atoms with Crippen molar-refractivity contribution in [3.63, 3.8) is 0 Å². The van der Waals surface area contributed by atoms with Crippen LogP contribution in [0.25, 0.3) is 0 Å². The third-order valence-electron chi connectivity index (χ3n) is 4.32. The van der Waals surface area contributed by atoms with E-state index >= 15 is 0 Å². The Morgan fingerprint density at radius 1 is 1.12 bits per heavy atom. The summed E-state index contributed by atoms with van der Waals surface area (Å²) in [6.45, 7) is 1.73. The fourth-order valence-corrected chi connectivity index (χ4v) is 3.09. The maximum Gasteiger partial charge on any atom is 0.308 e. The number of hydrogen-bond acceptors (Lipinski definition) is 4. The topological polar surface area (TPSA) is 82.8 Å². The molecule has 24 heavy (non-hydrogen) atoms. The van der Waals surface area contributed by atoms with Crippen molar-refractivity contribution in [3.8, 4) is 0 Å². The predicted octanol–water partition coefficient (Wildman–Crippen LogP) is 1.73. The van der Waals surface area contributed by atoms with E-state index in [2.05, 4.69) is 5.32 Å². The minimum absolute atomic E-state index is 0.241. The van der Waals surface area contributed by atoms with Crippen molar-refractivity contribution in [1.82, 2.24) is 10.2 Å². The summed E-state index contributed by atoms with van der Waals surface area (Å²) in [5.41, 5.74) is 1.11. The Hall–Kier alpha value is -2.60. The lowest BCUT2D eigenvalue weighted by molar-refractivity contribution is -0.145. The molecule has 0 radical (unpaired) electrons. The Morgan fingerprint density at radius 2 is 1.88 bits per heavy atom. The maximum absolute atomic E-state index is 12.4. The van der Waals surface area contributed by atoms with Gasteiger partial charge in [-0.15, -0.1) is 0 Å². The first-order valence-corrected chi connectivity index (χ1v) is 7.92. The molecule has 2 heterocycles. The van der Waals surface area contributed by atoms with E-state index < -0.39 is 17.8 Å². The Morgan fingerprint density at radius 3 is 2.54 bits per heavy atom. The molecule has 1 aromatic carbocycles. The van der Waals surface area contributed by atoms with Crippen molar-refractivity contribution < 1.29 is 19.1 Å². The fourth-order valence-electron chi connectivity index (χ4n) is 3.09. The number of nitrogens with zero attached hydrogens (tertiary/aromatic N) is 1. The summed E-state index contributed by atoms with van der Waals surface area (Å²) in [4.78, 5) is 26.0. The number of nitrogens with one attached hydrogen (secondary N) is 1. The smallest absolute Gasteiger partial charge is 0.308 e. The Labute approximate surface area is 140 Å². The van der Waals surface area contributed by atoms with Gasteiger partial charge in [-0.25, -0.2) is 0 Å². The highest BCUT2D eigenvalue weighted by Gasteiger charge is 2.41. The minimum Gasteiger partial charge on any atom is -0.481 e. The fraction of sp³-hybridized carbons (Fsp3) is 0.333. The molecular weight excluding hydrogens is 308 g/mol. The number of benzene rings is 1. The third kappa shape index (κ3) is 3.83. The van der Waals surface area contributed by atoms with Crippen LogP contribution >= 0.6 is 0 Å². The highest BCUT2D eigenvalue weighted by molar-refractivity contribution is 5.85. The van der Waals surface area contributed by atoms with Crippen molar-refractivity contribution in [2.24, 2.45) is 11.8 Å². The Kier molecular flexibility index (Phi) is 4.96. The molecule has 0 saturated carbocycles. The van der Waals surface area contributed by atoms with Crippen LogP contribution in [0, 0.1) is 11.8 Å². The summed E-state index contributed by atoms with van der Waals surface area (Å²) >= 11 is 0. The molecule has 1 amide bonds. The second-order valence-electron chi connectivity index (χ2n) is 6.03. The predicted molar refractivity (Wildman–Crippen MR) is 86.9 cm³/mol. The highest BCUT2D eigenvalue weighted by atomic mass is 16.4. The second-order valence-corrected chi connectivity index (χ2v) is 6.03. The molecule has 3 rings (SSSR count). The summed E-state index contributed by atoms with van der Waals surface area (Å²) in [7, 11) is 0. The molecule has 1 saturated heterocycles. The first kappa shape index (κ1) is 16.3. The minimum atomic E-state index is -0.927. The Bertz CT molecular complexity index is 684. The number of carboxylic acid groups (broad SMARTS) is 1. The highest BCUT2D eigenvalue weighted by Crippen LogP contribution is 2.25. The molecule has 1 aromatic heterocycles. The molecule has 0 unspecified atom stereocenters. The van der Waals surface area contributed by atoms with Gasteiger partial charge < -0.3 is 14.8 Å². The van der Waals surface area contributed by atoms with E-state index in [0.717, 1.165) is 5.56 Å². The van der Waals surface area contributed by atoms with E-state index in [1.807, 2.05) is 35.2 Å². The second kappa shape index (κ2) is 7.31. The third-order valence-corrected chi connectivity index (χ3v) is 4.32. The number of likely N-dealkylation sites (tertiary alicyclic amines) is 1. The summed E-state index contributed by atoms with van der Waals surface area (Å²) in [5.74, 6) is -1.76. The van der Waals surface area contributed by atoms with Crippen LogP contribution in [0.2, 0.25) is 0 Å². The van der Waals surface area contributed by atoms with Crippen molar-refractivity contribution in [1.29, 1.82) is 0 Å². The van der Waals surface area contributed by atoms with Gasteiger partial charge in [-0.1, -0.05) is 30.3 Å². The molecule has 0 bridgehead atoms. The zero-order chi connectivity index (χ0) is 16.9. The molecular formula is C18H20N2O4. The van der Waals surface area contributed by atoms with Crippen LogP contribution in [0.15, 0.2) is 53.1 Å². The Balaban J connectivity index is 1.62. The van der Waals surface area contributed by atoms with Crippen LogP contribution in [0.1, 0.15) is 11.3 Å². The maximum atomic E-state index is 12.4. The van der Waals surface area contributed by atoms with Crippen molar-refractivity contribution in [2.75, 3.05) is 13.1 Å². The molecule has 126 valence electrons. The van der Waals surface area contributed by atoms with E-state index in [1.165, 1.54) is 0 Å². The first-order valence-electron chi connectivity index (χ1n) is 7.92. The summed E-state index contributed by atoms with van der Waals surface area (Å²) in [5, 5.41) is 12.2. The van der Waals surface area contributed by atoms with Crippen LogP contribution < -0.4 is 5.32 Å². The van der Waals surface area contributed by atoms with Gasteiger partial charge in [0.05, 0.1) is 24.6 Å². The molecule has 6 nitrogen and oxygen atoms in total. The van der Waals surface area contributed by atoms with Gasteiger partial charge in [0.15, 0.2) is 0 Å². The molecule has 2 atom stereocenters. The SMILES string of the molecule is O=C(NCc1ccco1)[C@H]1CN(Cc2ccccc2)C[C@H]1C(=O)O.